The van der Waals surface area contributed by atoms with Crippen molar-refractivity contribution in [2.45, 2.75) is 58.9 Å². The van der Waals surface area contributed by atoms with Crippen LogP contribution in [0, 0.1) is 0 Å². The minimum Gasteiger partial charge on any atom is -0.357 e. The molecule has 0 aliphatic carbocycles. The third-order valence-electron chi connectivity index (χ3n) is 5.98. The van der Waals surface area contributed by atoms with E-state index in [1.807, 2.05) is 0 Å². The molecule has 2 aliphatic rings. The Balaban J connectivity index is 0.00000392. The van der Waals surface area contributed by atoms with E-state index in [1.165, 1.54) is 84.5 Å². The molecule has 1 atom stereocenters. The average molecular weight is 509 g/mol. The average Bonchev–Trinajstić information content (AvgIpc) is 2.98. The van der Waals surface area contributed by atoms with Crippen LogP contribution in [0.15, 0.2) is 4.99 Å². The van der Waals surface area contributed by atoms with Crippen molar-refractivity contribution in [3.63, 3.8) is 0 Å². The van der Waals surface area contributed by atoms with Crippen molar-refractivity contribution in [2.24, 2.45) is 4.99 Å². The summed E-state index contributed by atoms with van der Waals surface area (Å²) in [7, 11) is 0. The predicted molar refractivity (Wildman–Crippen MR) is 132 cm³/mol. The van der Waals surface area contributed by atoms with Gasteiger partial charge in [0.1, 0.15) is 0 Å². The smallest absolute Gasteiger partial charge is 0.191 e. The Morgan fingerprint density at radius 2 is 1.57 bits per heavy atom. The molecule has 0 saturated carbocycles. The maximum Gasteiger partial charge on any atom is 0.191 e. The lowest BCUT2D eigenvalue weighted by Crippen LogP contribution is -2.50. The molecule has 2 fully saturated rings. The maximum absolute atomic E-state index is 4.85. The number of nitrogens with one attached hydrogen (secondary N) is 2. The van der Waals surface area contributed by atoms with E-state index in [1.54, 1.807) is 0 Å². The Morgan fingerprint density at radius 3 is 2.18 bits per heavy atom. The first-order valence-electron chi connectivity index (χ1n) is 11.4. The summed E-state index contributed by atoms with van der Waals surface area (Å²) in [5.74, 6) is 0.979. The summed E-state index contributed by atoms with van der Waals surface area (Å²) in [6.07, 6.45) is 6.78. The summed E-state index contributed by atoms with van der Waals surface area (Å²) in [6.45, 7) is 19.2. The molecule has 1 unspecified atom stereocenters. The minimum absolute atomic E-state index is 0. The standard InChI is InChI=1S/C21H44N6.HI/c1-4-22-21(23-11-10-14-26-12-8-6-7-9-13-26)24-19-20(3)27-17-15-25(5-2)16-18-27;/h20H,4-19H2,1-3H3,(H2,22,23,24);1H. The van der Waals surface area contributed by atoms with Crippen molar-refractivity contribution in [1.82, 2.24) is 25.3 Å². The highest BCUT2D eigenvalue weighted by atomic mass is 127. The molecule has 2 aliphatic heterocycles. The predicted octanol–water partition coefficient (Wildman–Crippen LogP) is 2.45. The largest absolute Gasteiger partial charge is 0.357 e. The van der Waals surface area contributed by atoms with Gasteiger partial charge in [0.2, 0.25) is 0 Å². The Bertz CT molecular complexity index is 404. The third-order valence-corrected chi connectivity index (χ3v) is 5.98. The lowest BCUT2D eigenvalue weighted by molar-refractivity contribution is 0.109. The van der Waals surface area contributed by atoms with Crippen LogP contribution in [0.5, 0.6) is 0 Å². The number of piperazine rings is 1. The van der Waals surface area contributed by atoms with Crippen LogP contribution in [0.25, 0.3) is 0 Å². The van der Waals surface area contributed by atoms with E-state index in [4.69, 9.17) is 4.99 Å². The van der Waals surface area contributed by atoms with Gasteiger partial charge in [0.15, 0.2) is 5.96 Å². The molecule has 0 radical (unpaired) electrons. The first-order chi connectivity index (χ1) is 13.2. The molecule has 2 saturated heterocycles. The van der Waals surface area contributed by atoms with E-state index in [-0.39, 0.29) is 24.0 Å². The van der Waals surface area contributed by atoms with Gasteiger partial charge >= 0.3 is 0 Å². The zero-order chi connectivity index (χ0) is 19.3. The van der Waals surface area contributed by atoms with Gasteiger partial charge in [0.05, 0.1) is 6.54 Å². The normalized spacial score (nSPS) is 21.6. The number of nitrogens with zero attached hydrogens (tertiary/aromatic N) is 4. The Labute approximate surface area is 190 Å². The number of aliphatic imine (C=N–C) groups is 1. The fourth-order valence-corrected chi connectivity index (χ4v) is 4.07. The van der Waals surface area contributed by atoms with Gasteiger partial charge in [-0.25, -0.2) is 0 Å². The monoisotopic (exact) mass is 508 g/mol. The van der Waals surface area contributed by atoms with Crippen LogP contribution in [0.3, 0.4) is 0 Å². The Hall–Kier alpha value is -0.120. The fraction of sp³-hybridized carbons (Fsp3) is 0.952. The second-order valence-electron chi connectivity index (χ2n) is 8.08. The molecular weight excluding hydrogens is 463 g/mol. The van der Waals surface area contributed by atoms with Gasteiger partial charge in [0.25, 0.3) is 0 Å². The molecule has 2 rings (SSSR count). The summed E-state index contributed by atoms with van der Waals surface area (Å²) in [4.78, 5) is 12.6. The lowest BCUT2D eigenvalue weighted by atomic mass is 10.2. The van der Waals surface area contributed by atoms with E-state index < -0.39 is 0 Å². The van der Waals surface area contributed by atoms with Crippen molar-refractivity contribution in [3.05, 3.63) is 0 Å². The molecule has 0 aromatic heterocycles. The number of likely N-dealkylation sites (N-methyl/N-ethyl adjacent to an activating group) is 1. The molecule has 28 heavy (non-hydrogen) atoms. The second kappa shape index (κ2) is 15.7. The van der Waals surface area contributed by atoms with E-state index in [0.29, 0.717) is 6.04 Å². The number of hydrogen-bond donors (Lipinski definition) is 2. The van der Waals surface area contributed by atoms with Gasteiger partial charge in [-0.15, -0.1) is 24.0 Å². The van der Waals surface area contributed by atoms with E-state index in [9.17, 15) is 0 Å². The number of guanidine groups is 1. The Kier molecular flexibility index (Phi) is 14.5. The molecule has 0 bridgehead atoms. The SMILES string of the molecule is CCNC(=NCC(C)N1CCN(CC)CC1)NCCCN1CCCCCC1.I. The summed E-state index contributed by atoms with van der Waals surface area (Å²) >= 11 is 0. The first-order valence-corrected chi connectivity index (χ1v) is 11.4. The van der Waals surface area contributed by atoms with E-state index in [0.717, 1.165) is 25.6 Å². The zero-order valence-corrected chi connectivity index (χ0v) is 20.9. The first kappa shape index (κ1) is 25.9. The Morgan fingerprint density at radius 1 is 0.893 bits per heavy atom. The van der Waals surface area contributed by atoms with Crippen LogP contribution >= 0.6 is 24.0 Å². The third kappa shape index (κ3) is 10.1. The van der Waals surface area contributed by atoms with Gasteiger partial charge in [-0.1, -0.05) is 19.8 Å². The number of rotatable bonds is 9. The van der Waals surface area contributed by atoms with Gasteiger partial charge < -0.3 is 20.4 Å². The highest BCUT2D eigenvalue weighted by Gasteiger charge is 2.19. The molecule has 0 aromatic rings. The highest BCUT2D eigenvalue weighted by molar-refractivity contribution is 14.0. The summed E-state index contributed by atoms with van der Waals surface area (Å²) in [6, 6.07) is 0.511. The molecule has 0 spiro atoms. The van der Waals surface area contributed by atoms with E-state index >= 15 is 0 Å². The molecule has 2 heterocycles. The molecule has 166 valence electrons. The fourth-order valence-electron chi connectivity index (χ4n) is 4.07. The van der Waals surface area contributed by atoms with Gasteiger partial charge in [0, 0.05) is 45.3 Å². The molecule has 2 N–H and O–H groups in total. The second-order valence-corrected chi connectivity index (χ2v) is 8.08. The van der Waals surface area contributed by atoms with Crippen LogP contribution in [0.1, 0.15) is 52.9 Å². The molecule has 7 heteroatoms. The van der Waals surface area contributed by atoms with Gasteiger partial charge in [-0.2, -0.15) is 0 Å². The summed E-state index contributed by atoms with van der Waals surface area (Å²) in [5, 5.41) is 6.94. The highest BCUT2D eigenvalue weighted by Crippen LogP contribution is 2.09. The van der Waals surface area contributed by atoms with Gasteiger partial charge in [-0.3, -0.25) is 9.89 Å². The van der Waals surface area contributed by atoms with Crippen LogP contribution in [0.2, 0.25) is 0 Å². The molecule has 0 amide bonds. The maximum atomic E-state index is 4.85. The van der Waals surface area contributed by atoms with Gasteiger partial charge in [-0.05, 0) is 59.3 Å². The van der Waals surface area contributed by atoms with E-state index in [2.05, 4.69) is 46.1 Å². The van der Waals surface area contributed by atoms with Crippen molar-refractivity contribution in [3.8, 4) is 0 Å². The van der Waals surface area contributed by atoms with Crippen molar-refractivity contribution in [1.29, 1.82) is 0 Å². The van der Waals surface area contributed by atoms with Crippen LogP contribution in [-0.2, 0) is 0 Å². The minimum atomic E-state index is 0. The summed E-state index contributed by atoms with van der Waals surface area (Å²) < 4.78 is 0. The van der Waals surface area contributed by atoms with Crippen LogP contribution in [-0.4, -0.2) is 98.7 Å². The van der Waals surface area contributed by atoms with Crippen molar-refractivity contribution in [2.75, 3.05) is 72.0 Å². The van der Waals surface area contributed by atoms with Crippen LogP contribution < -0.4 is 10.6 Å². The number of likely N-dealkylation sites (tertiary alicyclic amines) is 1. The lowest BCUT2D eigenvalue weighted by Gasteiger charge is -2.37. The van der Waals surface area contributed by atoms with Crippen molar-refractivity contribution >= 4 is 29.9 Å². The van der Waals surface area contributed by atoms with Crippen LogP contribution in [0.4, 0.5) is 0 Å². The molecule has 0 aromatic carbocycles. The topological polar surface area (TPSA) is 46.1 Å². The quantitative estimate of drug-likeness (QED) is 0.217. The molecular formula is C21H45IN6. The molecule has 6 nitrogen and oxygen atoms in total. The number of hydrogen-bond acceptors (Lipinski definition) is 4. The van der Waals surface area contributed by atoms with Crippen molar-refractivity contribution < 1.29 is 0 Å². The number of halogens is 1. The zero-order valence-electron chi connectivity index (χ0n) is 18.6. The summed E-state index contributed by atoms with van der Waals surface area (Å²) in [5.41, 5.74) is 0.